The third-order valence-corrected chi connectivity index (χ3v) is 4.64. The van der Waals surface area contributed by atoms with E-state index in [2.05, 4.69) is 47.2 Å². The number of urea groups is 1. The predicted octanol–water partition coefficient (Wildman–Crippen LogP) is 2.73. The zero-order valence-corrected chi connectivity index (χ0v) is 16.8. The maximum absolute atomic E-state index is 12.4. The van der Waals surface area contributed by atoms with Crippen molar-refractivity contribution in [2.45, 2.75) is 26.3 Å². The predicted molar refractivity (Wildman–Crippen MR) is 114 cm³/mol. The molecule has 0 unspecified atom stereocenters. The topological polar surface area (TPSA) is 123 Å². The van der Waals surface area contributed by atoms with Crippen molar-refractivity contribution in [1.82, 2.24) is 35.0 Å². The molecule has 0 radical (unpaired) electrons. The van der Waals surface area contributed by atoms with Crippen LogP contribution in [0.2, 0.25) is 0 Å². The highest BCUT2D eigenvalue weighted by atomic mass is 16.2. The van der Waals surface area contributed by atoms with Gasteiger partial charge in [-0.3, -0.25) is 15.6 Å². The molecule has 30 heavy (non-hydrogen) atoms. The molecule has 0 aliphatic carbocycles. The number of aromatic nitrogens is 6. The van der Waals surface area contributed by atoms with Crippen molar-refractivity contribution < 1.29 is 4.79 Å². The summed E-state index contributed by atoms with van der Waals surface area (Å²) in [6.45, 7) is 5.83. The van der Waals surface area contributed by atoms with Crippen molar-refractivity contribution in [2.75, 3.05) is 23.7 Å². The summed E-state index contributed by atoms with van der Waals surface area (Å²) in [5, 5.41) is 16.7. The number of hydrogen-bond donors (Lipinski definition) is 3. The molecule has 4 rings (SSSR count). The molecule has 3 aromatic rings. The minimum absolute atomic E-state index is 0.193. The van der Waals surface area contributed by atoms with E-state index in [0.29, 0.717) is 23.2 Å². The molecule has 4 heterocycles. The molecule has 0 atom stereocenters. The van der Waals surface area contributed by atoms with Gasteiger partial charge in [0.1, 0.15) is 17.8 Å². The Hall–Kier alpha value is -3.66. The second kappa shape index (κ2) is 8.78. The minimum Gasteiger partial charge on any atom is -0.313 e. The lowest BCUT2D eigenvalue weighted by Crippen LogP contribution is -2.21. The monoisotopic (exact) mass is 405 g/mol. The first-order valence-corrected chi connectivity index (χ1v) is 9.77. The molecule has 0 fully saturated rings. The van der Waals surface area contributed by atoms with Crippen LogP contribution in [0, 0.1) is 0 Å². The number of nitrogens with zero attached hydrogens (tertiary/aromatic N) is 6. The van der Waals surface area contributed by atoms with Crippen LogP contribution >= 0.6 is 0 Å². The molecule has 0 saturated heterocycles. The standard InChI is InChI=1S/C20H23N9O/c1-13(2)29-12-24-28-19(29)15-4-3-5-17(25-15)26-20(30)27-18-11-22-16(10-23-18)14-6-8-21-9-7-14/h3-6,10-13,21H,7-9H2,1-2H3,(H2,23,25,26,27,30). The summed E-state index contributed by atoms with van der Waals surface area (Å²) < 4.78 is 1.92. The Balaban J connectivity index is 1.42. The van der Waals surface area contributed by atoms with E-state index in [4.69, 9.17) is 0 Å². The number of hydrogen-bond acceptors (Lipinski definition) is 7. The Morgan fingerprint density at radius 1 is 1.13 bits per heavy atom. The van der Waals surface area contributed by atoms with Gasteiger partial charge in [0.2, 0.25) is 0 Å². The number of carbonyl (C=O) groups excluding carboxylic acids is 1. The van der Waals surface area contributed by atoms with Gasteiger partial charge in [-0.2, -0.15) is 0 Å². The Kier molecular flexibility index (Phi) is 5.75. The third kappa shape index (κ3) is 4.49. The molecular weight excluding hydrogens is 382 g/mol. The van der Waals surface area contributed by atoms with Crippen LogP contribution in [0.1, 0.15) is 32.0 Å². The molecule has 154 valence electrons. The van der Waals surface area contributed by atoms with Gasteiger partial charge < -0.3 is 9.88 Å². The number of carbonyl (C=O) groups is 1. The van der Waals surface area contributed by atoms with Crippen LogP contribution in [0.15, 0.2) is 43.0 Å². The van der Waals surface area contributed by atoms with Gasteiger partial charge in [0.05, 0.1) is 18.1 Å². The smallest absolute Gasteiger partial charge is 0.313 e. The van der Waals surface area contributed by atoms with Crippen molar-refractivity contribution in [3.8, 4) is 11.5 Å². The first kappa shape index (κ1) is 19.6. The third-order valence-electron chi connectivity index (χ3n) is 4.64. The largest absolute Gasteiger partial charge is 0.326 e. The van der Waals surface area contributed by atoms with Gasteiger partial charge in [0.15, 0.2) is 11.6 Å². The van der Waals surface area contributed by atoms with Crippen LogP contribution < -0.4 is 16.0 Å². The van der Waals surface area contributed by atoms with Crippen LogP contribution in [-0.2, 0) is 0 Å². The van der Waals surface area contributed by atoms with Crippen LogP contribution in [-0.4, -0.2) is 48.8 Å². The summed E-state index contributed by atoms with van der Waals surface area (Å²) in [5.41, 5.74) is 2.61. The van der Waals surface area contributed by atoms with Crippen molar-refractivity contribution in [3.05, 3.63) is 48.7 Å². The van der Waals surface area contributed by atoms with Crippen LogP contribution in [0.25, 0.3) is 17.1 Å². The van der Waals surface area contributed by atoms with Crippen LogP contribution in [0.3, 0.4) is 0 Å². The molecule has 1 aliphatic heterocycles. The fourth-order valence-corrected chi connectivity index (χ4v) is 3.11. The first-order chi connectivity index (χ1) is 14.6. The fourth-order valence-electron chi connectivity index (χ4n) is 3.11. The number of rotatable bonds is 5. The summed E-state index contributed by atoms with van der Waals surface area (Å²) in [7, 11) is 0. The van der Waals surface area contributed by atoms with E-state index in [1.54, 1.807) is 30.9 Å². The van der Waals surface area contributed by atoms with E-state index in [1.807, 2.05) is 24.5 Å². The molecule has 0 saturated carbocycles. The van der Waals surface area contributed by atoms with E-state index in [0.717, 1.165) is 30.8 Å². The first-order valence-electron chi connectivity index (χ1n) is 9.77. The number of nitrogens with one attached hydrogen (secondary N) is 3. The van der Waals surface area contributed by atoms with E-state index in [1.165, 1.54) is 0 Å². The fraction of sp³-hybridized carbons (Fsp3) is 0.300. The van der Waals surface area contributed by atoms with Gasteiger partial charge in [-0.25, -0.2) is 14.8 Å². The van der Waals surface area contributed by atoms with Crippen LogP contribution in [0.5, 0.6) is 0 Å². The Morgan fingerprint density at radius 3 is 2.73 bits per heavy atom. The highest BCUT2D eigenvalue weighted by Gasteiger charge is 2.13. The van der Waals surface area contributed by atoms with Crippen LogP contribution in [0.4, 0.5) is 16.4 Å². The van der Waals surface area contributed by atoms with E-state index in [-0.39, 0.29) is 6.04 Å². The highest BCUT2D eigenvalue weighted by molar-refractivity contribution is 5.98. The lowest BCUT2D eigenvalue weighted by molar-refractivity contribution is 0.262. The van der Waals surface area contributed by atoms with Gasteiger partial charge >= 0.3 is 6.03 Å². The molecule has 0 bridgehead atoms. The molecule has 3 aromatic heterocycles. The summed E-state index contributed by atoms with van der Waals surface area (Å²) in [6.07, 6.45) is 7.90. The summed E-state index contributed by atoms with van der Waals surface area (Å²) >= 11 is 0. The van der Waals surface area contributed by atoms with Gasteiger partial charge in [0, 0.05) is 12.6 Å². The Labute approximate surface area is 173 Å². The molecule has 10 heteroatoms. The average molecular weight is 405 g/mol. The van der Waals surface area contributed by atoms with Crippen molar-refractivity contribution in [1.29, 1.82) is 0 Å². The van der Waals surface area contributed by atoms with Gasteiger partial charge in [-0.05, 0) is 44.5 Å². The lowest BCUT2D eigenvalue weighted by Gasteiger charge is -2.13. The average Bonchev–Trinajstić information content (AvgIpc) is 3.25. The molecule has 3 N–H and O–H groups in total. The molecule has 0 spiro atoms. The lowest BCUT2D eigenvalue weighted by atomic mass is 10.1. The molecular formula is C20H23N9O. The number of pyridine rings is 1. The van der Waals surface area contributed by atoms with E-state index in [9.17, 15) is 4.79 Å². The molecule has 10 nitrogen and oxygen atoms in total. The quantitative estimate of drug-likeness (QED) is 0.596. The van der Waals surface area contributed by atoms with Gasteiger partial charge in [0.25, 0.3) is 0 Å². The second-order valence-corrected chi connectivity index (χ2v) is 7.11. The Bertz CT molecular complexity index is 1060. The van der Waals surface area contributed by atoms with Crippen molar-refractivity contribution >= 4 is 23.2 Å². The highest BCUT2D eigenvalue weighted by Crippen LogP contribution is 2.20. The molecule has 1 aliphatic rings. The SMILES string of the molecule is CC(C)n1cnnc1-c1cccc(NC(=O)Nc2cnc(C3=CCNCC3)cn2)n1. The van der Waals surface area contributed by atoms with Gasteiger partial charge in [-0.1, -0.05) is 12.1 Å². The van der Waals surface area contributed by atoms with E-state index >= 15 is 0 Å². The summed E-state index contributed by atoms with van der Waals surface area (Å²) in [5.74, 6) is 1.40. The normalized spacial score (nSPS) is 13.8. The maximum atomic E-state index is 12.4. The van der Waals surface area contributed by atoms with Gasteiger partial charge in [-0.15, -0.1) is 10.2 Å². The number of amides is 2. The van der Waals surface area contributed by atoms with E-state index < -0.39 is 6.03 Å². The zero-order valence-electron chi connectivity index (χ0n) is 16.8. The maximum Gasteiger partial charge on any atom is 0.326 e. The molecule has 0 aromatic carbocycles. The van der Waals surface area contributed by atoms with Crippen molar-refractivity contribution in [2.24, 2.45) is 0 Å². The molecule has 2 amide bonds. The zero-order chi connectivity index (χ0) is 20.9. The second-order valence-electron chi connectivity index (χ2n) is 7.11. The Morgan fingerprint density at radius 2 is 2.00 bits per heavy atom. The number of anilines is 2. The minimum atomic E-state index is -0.451. The van der Waals surface area contributed by atoms with Crippen molar-refractivity contribution in [3.63, 3.8) is 0 Å². The summed E-state index contributed by atoms with van der Waals surface area (Å²) in [4.78, 5) is 25.5. The summed E-state index contributed by atoms with van der Waals surface area (Å²) in [6, 6.07) is 5.08.